The second-order valence-corrected chi connectivity index (χ2v) is 3.87. The fourth-order valence-corrected chi connectivity index (χ4v) is 1.63. The molecule has 2 rings (SSSR count). The highest BCUT2D eigenvalue weighted by Crippen LogP contribution is 2.25. The maximum absolute atomic E-state index is 13.6. The molecule has 1 aromatic heterocycles. The van der Waals surface area contributed by atoms with Crippen LogP contribution >= 0.6 is 15.9 Å². The fraction of sp³-hybridized carbons (Fsp3) is 0.100. The van der Waals surface area contributed by atoms with Crippen molar-refractivity contribution >= 4 is 15.9 Å². The fourth-order valence-electron chi connectivity index (χ4n) is 1.26. The zero-order chi connectivity index (χ0) is 10.8. The van der Waals surface area contributed by atoms with Crippen LogP contribution in [0.2, 0.25) is 0 Å². The van der Waals surface area contributed by atoms with E-state index in [4.69, 9.17) is 5.11 Å². The molecule has 0 unspecified atom stereocenters. The Balaban J connectivity index is 2.49. The minimum absolute atomic E-state index is 0.136. The lowest BCUT2D eigenvalue weighted by Crippen LogP contribution is -1.88. The molecule has 0 saturated carbocycles. The number of imidazole rings is 1. The third-order valence-electron chi connectivity index (χ3n) is 2.01. The van der Waals surface area contributed by atoms with Gasteiger partial charge in [0.05, 0.1) is 28.5 Å². The van der Waals surface area contributed by atoms with Crippen LogP contribution in [-0.2, 0) is 6.61 Å². The number of aliphatic hydroxyl groups is 1. The molecule has 0 radical (unpaired) electrons. The highest BCUT2D eigenvalue weighted by Gasteiger charge is 2.10. The highest BCUT2D eigenvalue weighted by molar-refractivity contribution is 9.10. The summed E-state index contributed by atoms with van der Waals surface area (Å²) in [5.41, 5.74) is 0.938. The van der Waals surface area contributed by atoms with Crippen LogP contribution in [0.4, 0.5) is 4.39 Å². The number of H-pyrrole nitrogens is 1. The van der Waals surface area contributed by atoms with Crippen LogP contribution < -0.4 is 0 Å². The average molecular weight is 271 g/mol. The maximum Gasteiger partial charge on any atom is 0.148 e. The smallest absolute Gasteiger partial charge is 0.148 e. The van der Waals surface area contributed by atoms with E-state index in [1.807, 2.05) is 0 Å². The Bertz CT molecular complexity index is 484. The Morgan fingerprint density at radius 3 is 2.93 bits per heavy atom. The molecule has 0 spiro atoms. The summed E-state index contributed by atoms with van der Waals surface area (Å²) in [7, 11) is 0. The summed E-state index contributed by atoms with van der Waals surface area (Å²) in [6.45, 7) is -0.136. The molecule has 0 aliphatic rings. The van der Waals surface area contributed by atoms with E-state index < -0.39 is 0 Å². The first kappa shape index (κ1) is 10.3. The van der Waals surface area contributed by atoms with Crippen LogP contribution in [0.1, 0.15) is 5.69 Å². The van der Waals surface area contributed by atoms with Crippen molar-refractivity contribution in [1.82, 2.24) is 9.97 Å². The van der Waals surface area contributed by atoms with Crippen molar-refractivity contribution in [1.29, 1.82) is 0 Å². The topological polar surface area (TPSA) is 48.9 Å². The first-order chi connectivity index (χ1) is 7.22. The number of aromatic nitrogens is 2. The lowest BCUT2D eigenvalue weighted by atomic mass is 10.2. The number of aliphatic hydroxyl groups excluding tert-OH is 1. The van der Waals surface area contributed by atoms with Gasteiger partial charge in [0.2, 0.25) is 0 Å². The summed E-state index contributed by atoms with van der Waals surface area (Å²) >= 11 is 3.10. The molecule has 0 atom stereocenters. The van der Waals surface area contributed by atoms with Crippen molar-refractivity contribution in [2.45, 2.75) is 6.61 Å². The van der Waals surface area contributed by atoms with Gasteiger partial charge in [-0.05, 0) is 28.1 Å². The number of benzene rings is 1. The van der Waals surface area contributed by atoms with Crippen molar-refractivity contribution in [3.8, 4) is 11.4 Å². The predicted molar refractivity (Wildman–Crippen MR) is 57.6 cm³/mol. The van der Waals surface area contributed by atoms with Crippen LogP contribution in [0.5, 0.6) is 0 Å². The van der Waals surface area contributed by atoms with Crippen LogP contribution in [0.25, 0.3) is 11.4 Å². The van der Waals surface area contributed by atoms with Gasteiger partial charge >= 0.3 is 0 Å². The van der Waals surface area contributed by atoms with Crippen molar-refractivity contribution in [3.63, 3.8) is 0 Å². The number of hydrogen-bond donors (Lipinski definition) is 2. The lowest BCUT2D eigenvalue weighted by Gasteiger charge is -2.00. The van der Waals surface area contributed by atoms with E-state index in [1.165, 1.54) is 6.20 Å². The van der Waals surface area contributed by atoms with Crippen molar-refractivity contribution in [2.24, 2.45) is 0 Å². The van der Waals surface area contributed by atoms with Crippen LogP contribution in [0, 0.1) is 5.82 Å². The van der Waals surface area contributed by atoms with Crippen molar-refractivity contribution in [2.75, 3.05) is 0 Å². The second kappa shape index (κ2) is 4.12. The van der Waals surface area contributed by atoms with Gasteiger partial charge in [0.25, 0.3) is 0 Å². The SMILES string of the molecule is OCc1cnc(-c2cccc(Br)c2F)[nH]1. The first-order valence-corrected chi connectivity index (χ1v) is 5.11. The van der Waals surface area contributed by atoms with E-state index in [9.17, 15) is 4.39 Å². The monoisotopic (exact) mass is 270 g/mol. The van der Waals surface area contributed by atoms with E-state index in [0.717, 1.165) is 0 Å². The minimum Gasteiger partial charge on any atom is -0.390 e. The third kappa shape index (κ3) is 1.93. The molecule has 0 aliphatic carbocycles. The summed E-state index contributed by atoms with van der Waals surface area (Å²) in [5.74, 6) is 0.0502. The Morgan fingerprint density at radius 1 is 1.47 bits per heavy atom. The summed E-state index contributed by atoms with van der Waals surface area (Å²) in [6.07, 6.45) is 1.48. The van der Waals surface area contributed by atoms with Crippen molar-refractivity contribution < 1.29 is 9.50 Å². The van der Waals surface area contributed by atoms with Crippen LogP contribution in [-0.4, -0.2) is 15.1 Å². The summed E-state index contributed by atoms with van der Waals surface area (Å²) in [4.78, 5) is 6.81. The van der Waals surface area contributed by atoms with Crippen molar-refractivity contribution in [3.05, 3.63) is 40.4 Å². The summed E-state index contributed by atoms with van der Waals surface area (Å²) < 4.78 is 14.0. The third-order valence-corrected chi connectivity index (χ3v) is 2.62. The van der Waals surface area contributed by atoms with Gasteiger partial charge in [0.15, 0.2) is 0 Å². The summed E-state index contributed by atoms with van der Waals surface area (Å²) in [6, 6.07) is 4.97. The zero-order valence-corrected chi connectivity index (χ0v) is 9.25. The molecule has 0 bridgehead atoms. The van der Waals surface area contributed by atoms with E-state index in [1.54, 1.807) is 18.2 Å². The Hall–Kier alpha value is -1.20. The summed E-state index contributed by atoms with van der Waals surface area (Å²) in [5, 5.41) is 8.85. The Labute approximate surface area is 94.1 Å². The predicted octanol–water partition coefficient (Wildman–Crippen LogP) is 2.47. The van der Waals surface area contributed by atoms with Gasteiger partial charge in [0.1, 0.15) is 11.6 Å². The molecule has 2 aromatic rings. The lowest BCUT2D eigenvalue weighted by molar-refractivity contribution is 0.277. The molecule has 1 aromatic carbocycles. The number of nitrogens with zero attached hydrogens (tertiary/aromatic N) is 1. The number of nitrogens with one attached hydrogen (secondary N) is 1. The minimum atomic E-state index is -0.365. The van der Waals surface area contributed by atoms with E-state index in [2.05, 4.69) is 25.9 Å². The van der Waals surface area contributed by atoms with E-state index >= 15 is 0 Å². The number of hydrogen-bond acceptors (Lipinski definition) is 2. The van der Waals surface area contributed by atoms with E-state index in [-0.39, 0.29) is 12.4 Å². The first-order valence-electron chi connectivity index (χ1n) is 4.31. The molecule has 3 nitrogen and oxygen atoms in total. The maximum atomic E-state index is 13.6. The number of aromatic amines is 1. The number of halogens is 2. The molecule has 2 N–H and O–H groups in total. The molecule has 0 amide bonds. The molecule has 0 saturated heterocycles. The molecule has 0 fully saturated rings. The average Bonchev–Trinajstić information content (AvgIpc) is 2.70. The molecule has 1 heterocycles. The zero-order valence-electron chi connectivity index (χ0n) is 7.67. The number of rotatable bonds is 2. The standard InChI is InChI=1S/C10H8BrFN2O/c11-8-3-1-2-7(9(8)12)10-13-4-6(5-15)14-10/h1-4,15H,5H2,(H,13,14). The quantitative estimate of drug-likeness (QED) is 0.881. The Kier molecular flexibility index (Phi) is 2.83. The van der Waals surface area contributed by atoms with Crippen LogP contribution in [0.3, 0.4) is 0 Å². The second-order valence-electron chi connectivity index (χ2n) is 3.02. The van der Waals surface area contributed by atoms with Gasteiger partial charge in [-0.3, -0.25) is 0 Å². The van der Waals surface area contributed by atoms with Crippen LogP contribution in [0.15, 0.2) is 28.9 Å². The van der Waals surface area contributed by atoms with Gasteiger partial charge in [-0.1, -0.05) is 6.07 Å². The molecule has 5 heteroatoms. The molecule has 0 aliphatic heterocycles. The van der Waals surface area contributed by atoms with Gasteiger partial charge in [-0.15, -0.1) is 0 Å². The van der Waals surface area contributed by atoms with Gasteiger partial charge in [-0.2, -0.15) is 0 Å². The van der Waals surface area contributed by atoms with E-state index in [0.29, 0.717) is 21.6 Å². The van der Waals surface area contributed by atoms with Gasteiger partial charge in [-0.25, -0.2) is 9.37 Å². The van der Waals surface area contributed by atoms with Gasteiger partial charge in [0, 0.05) is 0 Å². The molecule has 78 valence electrons. The largest absolute Gasteiger partial charge is 0.390 e. The van der Waals surface area contributed by atoms with Gasteiger partial charge < -0.3 is 10.1 Å². The molecular formula is C10H8BrFN2O. The highest BCUT2D eigenvalue weighted by atomic mass is 79.9. The molecular weight excluding hydrogens is 263 g/mol. The normalized spacial score (nSPS) is 10.6. The Morgan fingerprint density at radius 2 is 2.27 bits per heavy atom. The molecule has 15 heavy (non-hydrogen) atoms.